The normalized spacial score (nSPS) is 11.0. The molecule has 0 radical (unpaired) electrons. The highest BCUT2D eigenvalue weighted by Crippen LogP contribution is 2.33. The average molecular weight is 294 g/mol. The summed E-state index contributed by atoms with van der Waals surface area (Å²) >= 11 is 15.4. The lowest BCUT2D eigenvalue weighted by Crippen LogP contribution is -1.79. The fraction of sp³-hybridized carbons (Fsp3) is 0.111. The first-order valence-electron chi connectivity index (χ1n) is 3.67. The Labute approximate surface area is 99.4 Å². The molecule has 2 aromatic rings. The van der Waals surface area contributed by atoms with Gasteiger partial charge in [0.2, 0.25) is 0 Å². The quantitative estimate of drug-likeness (QED) is 0.572. The third-order valence-electron chi connectivity index (χ3n) is 1.87. The summed E-state index contributed by atoms with van der Waals surface area (Å²) in [6, 6.07) is 4.18. The maximum absolute atomic E-state index is 5.80. The molecule has 0 aliphatic carbocycles. The van der Waals surface area contributed by atoms with Gasteiger partial charge in [0.25, 0.3) is 0 Å². The Morgan fingerprint density at radius 3 is 2.92 bits per heavy atom. The molecule has 0 atom stereocenters. The maximum atomic E-state index is 5.80. The minimum Gasteiger partial charge on any atom is -0.143 e. The Balaban J connectivity index is 2.77. The Hall–Kier alpha value is 0.300. The number of hydrogen-bond acceptors (Lipinski definition) is 2. The van der Waals surface area contributed by atoms with Gasteiger partial charge in [0, 0.05) is 30.7 Å². The van der Waals surface area contributed by atoms with Crippen molar-refractivity contribution in [1.82, 2.24) is 0 Å². The number of fused-ring (bicyclic) bond motifs is 1. The second kappa shape index (κ2) is 3.81. The van der Waals surface area contributed by atoms with E-state index in [2.05, 4.69) is 40.7 Å². The van der Waals surface area contributed by atoms with Gasteiger partial charge in [-0.3, -0.25) is 0 Å². The first-order chi connectivity index (χ1) is 6.22. The van der Waals surface area contributed by atoms with Gasteiger partial charge in [-0.05, 0) is 17.7 Å². The lowest BCUT2D eigenvalue weighted by Gasteiger charge is -2.00. The van der Waals surface area contributed by atoms with Crippen LogP contribution >= 0.6 is 51.5 Å². The summed E-state index contributed by atoms with van der Waals surface area (Å²) in [5.41, 5.74) is 1.11. The molecule has 0 aliphatic rings. The van der Waals surface area contributed by atoms with E-state index >= 15 is 0 Å². The molecular weight excluding hydrogens is 288 g/mol. The zero-order chi connectivity index (χ0) is 9.42. The second-order valence-electron chi connectivity index (χ2n) is 2.69. The third-order valence-corrected chi connectivity index (χ3v) is 4.38. The van der Waals surface area contributed by atoms with Gasteiger partial charge < -0.3 is 0 Å². The lowest BCUT2D eigenvalue weighted by atomic mass is 10.2. The molecule has 68 valence electrons. The van der Waals surface area contributed by atoms with Crippen LogP contribution in [0.2, 0.25) is 0 Å². The van der Waals surface area contributed by atoms with Gasteiger partial charge >= 0.3 is 0 Å². The maximum Gasteiger partial charge on any atom is 0.0485 e. The van der Waals surface area contributed by atoms with Crippen LogP contribution in [0, 0.1) is 0 Å². The molecule has 1 aromatic carbocycles. The zero-order valence-corrected chi connectivity index (χ0v) is 10.6. The fourth-order valence-corrected chi connectivity index (χ4v) is 3.47. The van der Waals surface area contributed by atoms with Crippen molar-refractivity contribution >= 4 is 61.6 Å². The van der Waals surface area contributed by atoms with Crippen molar-refractivity contribution in [3.05, 3.63) is 27.5 Å². The van der Waals surface area contributed by atoms with Crippen molar-refractivity contribution in [2.45, 2.75) is 10.8 Å². The molecule has 0 amide bonds. The van der Waals surface area contributed by atoms with E-state index in [1.165, 1.54) is 10.1 Å². The van der Waals surface area contributed by atoms with Crippen LogP contribution in [0.1, 0.15) is 5.56 Å². The van der Waals surface area contributed by atoms with E-state index in [4.69, 9.17) is 11.6 Å². The monoisotopic (exact) mass is 292 g/mol. The number of benzene rings is 1. The van der Waals surface area contributed by atoms with Crippen LogP contribution in [-0.4, -0.2) is 0 Å². The van der Waals surface area contributed by atoms with Crippen LogP contribution in [0.4, 0.5) is 0 Å². The molecule has 0 nitrogen and oxygen atoms in total. The molecule has 0 aliphatic heterocycles. The highest BCUT2D eigenvalue weighted by molar-refractivity contribution is 9.10. The molecule has 0 bridgehead atoms. The largest absolute Gasteiger partial charge is 0.143 e. The number of thiophene rings is 1. The molecule has 0 spiro atoms. The number of rotatable bonds is 1. The molecule has 13 heavy (non-hydrogen) atoms. The van der Waals surface area contributed by atoms with Gasteiger partial charge in [-0.1, -0.05) is 15.9 Å². The zero-order valence-electron chi connectivity index (χ0n) is 6.55. The highest BCUT2D eigenvalue weighted by atomic mass is 79.9. The molecule has 0 N–H and O–H groups in total. The van der Waals surface area contributed by atoms with E-state index in [1.807, 2.05) is 5.38 Å². The van der Waals surface area contributed by atoms with Crippen molar-refractivity contribution in [3.63, 3.8) is 0 Å². The van der Waals surface area contributed by atoms with Gasteiger partial charge in [0.1, 0.15) is 0 Å². The predicted molar refractivity (Wildman–Crippen MR) is 66.3 cm³/mol. The molecule has 0 unspecified atom stereocenters. The number of halogens is 2. The average Bonchev–Trinajstić information content (AvgIpc) is 2.46. The minimum atomic E-state index is 0.527. The topological polar surface area (TPSA) is 0 Å². The number of alkyl halides is 1. The van der Waals surface area contributed by atoms with E-state index in [-0.39, 0.29) is 0 Å². The van der Waals surface area contributed by atoms with Crippen LogP contribution in [0.25, 0.3) is 10.1 Å². The van der Waals surface area contributed by atoms with Crippen LogP contribution in [0.3, 0.4) is 0 Å². The molecular formula is C9H6BrClS2. The molecule has 1 heterocycles. The number of thiol groups is 1. The Kier molecular flexibility index (Phi) is 2.88. The number of hydrogen-bond donors (Lipinski definition) is 1. The molecule has 4 heteroatoms. The van der Waals surface area contributed by atoms with E-state index in [1.54, 1.807) is 11.3 Å². The minimum absolute atomic E-state index is 0.527. The van der Waals surface area contributed by atoms with Crippen molar-refractivity contribution in [1.29, 1.82) is 0 Å². The Morgan fingerprint density at radius 1 is 1.46 bits per heavy atom. The Bertz CT molecular complexity index is 450. The summed E-state index contributed by atoms with van der Waals surface area (Å²) in [6.07, 6.45) is 0. The summed E-state index contributed by atoms with van der Waals surface area (Å²) in [6.45, 7) is 0. The molecule has 2 rings (SSSR count). The van der Waals surface area contributed by atoms with Crippen LogP contribution in [0.15, 0.2) is 26.9 Å². The second-order valence-corrected chi connectivity index (χ2v) is 5.21. The summed E-state index contributed by atoms with van der Waals surface area (Å²) in [7, 11) is 0. The van der Waals surface area contributed by atoms with E-state index in [0.29, 0.717) is 5.88 Å². The molecule has 0 fully saturated rings. The van der Waals surface area contributed by atoms with Crippen LogP contribution in [0.5, 0.6) is 0 Å². The van der Waals surface area contributed by atoms with Gasteiger partial charge in [-0.25, -0.2) is 0 Å². The van der Waals surface area contributed by atoms with Gasteiger partial charge in [0.15, 0.2) is 0 Å². The van der Waals surface area contributed by atoms with E-state index < -0.39 is 0 Å². The summed E-state index contributed by atoms with van der Waals surface area (Å²) in [4.78, 5) is 1.03. The fourth-order valence-electron chi connectivity index (χ4n) is 1.18. The highest BCUT2D eigenvalue weighted by Gasteiger charge is 2.05. The van der Waals surface area contributed by atoms with Crippen molar-refractivity contribution < 1.29 is 0 Å². The van der Waals surface area contributed by atoms with E-state index in [0.717, 1.165) is 14.9 Å². The molecule has 0 saturated heterocycles. The lowest BCUT2D eigenvalue weighted by molar-refractivity contribution is 1.39. The van der Waals surface area contributed by atoms with Crippen molar-refractivity contribution in [2.24, 2.45) is 0 Å². The van der Waals surface area contributed by atoms with Crippen LogP contribution < -0.4 is 0 Å². The first kappa shape index (κ1) is 9.84. The smallest absolute Gasteiger partial charge is 0.0485 e. The Morgan fingerprint density at radius 2 is 2.23 bits per heavy atom. The molecule has 1 aromatic heterocycles. The van der Waals surface area contributed by atoms with Crippen molar-refractivity contribution in [3.8, 4) is 0 Å². The first-order valence-corrected chi connectivity index (χ1v) is 6.32. The van der Waals surface area contributed by atoms with Crippen LogP contribution in [-0.2, 0) is 5.88 Å². The van der Waals surface area contributed by atoms with Gasteiger partial charge in [-0.15, -0.1) is 35.6 Å². The third kappa shape index (κ3) is 1.75. The summed E-state index contributed by atoms with van der Waals surface area (Å²) < 4.78 is 2.32. The van der Waals surface area contributed by atoms with Gasteiger partial charge in [-0.2, -0.15) is 0 Å². The van der Waals surface area contributed by atoms with Gasteiger partial charge in [0.05, 0.1) is 0 Å². The summed E-state index contributed by atoms with van der Waals surface area (Å²) in [5.74, 6) is 0.527. The standard InChI is InChI=1S/C9H6BrClS2/c10-7-2-9-6(1-5(7)3-11)8(12)4-13-9/h1-2,4,12H,3H2. The summed E-state index contributed by atoms with van der Waals surface area (Å²) in [5, 5.41) is 3.23. The predicted octanol–water partition coefficient (Wildman–Crippen LogP) is 4.69. The van der Waals surface area contributed by atoms with Crippen molar-refractivity contribution in [2.75, 3.05) is 0 Å². The SMILES string of the molecule is Sc1csc2cc(Br)c(CCl)cc12. The van der Waals surface area contributed by atoms with E-state index in [9.17, 15) is 0 Å². The molecule has 0 saturated carbocycles.